The van der Waals surface area contributed by atoms with Crippen LogP contribution in [0.4, 0.5) is 11.4 Å². The van der Waals surface area contributed by atoms with Gasteiger partial charge in [-0.15, -0.1) is 0 Å². The minimum absolute atomic E-state index is 0.374. The summed E-state index contributed by atoms with van der Waals surface area (Å²) >= 11 is 0. The highest BCUT2D eigenvalue weighted by molar-refractivity contribution is 6.39. The van der Waals surface area contributed by atoms with Gasteiger partial charge in [-0.2, -0.15) is 0 Å². The maximum Gasteiger partial charge on any atom is 0.258 e. The Hall–Kier alpha value is -2.62. The number of nitrogens with zero attached hydrogens (tertiary/aromatic N) is 3. The highest BCUT2D eigenvalue weighted by atomic mass is 16.5. The number of ether oxygens (including phenoxy) is 1. The quantitative estimate of drug-likeness (QED) is 0.451. The zero-order chi connectivity index (χ0) is 24.3. The Labute approximate surface area is 200 Å². The smallest absolute Gasteiger partial charge is 0.258 e. The maximum absolute atomic E-state index is 6.18. The van der Waals surface area contributed by atoms with Crippen molar-refractivity contribution in [2.24, 2.45) is 9.98 Å². The molecule has 178 valence electrons. The summed E-state index contributed by atoms with van der Waals surface area (Å²) in [6.07, 6.45) is 0. The third-order valence-corrected chi connectivity index (χ3v) is 6.33. The number of benzene rings is 2. The molecule has 1 saturated heterocycles. The van der Waals surface area contributed by atoms with E-state index in [1.165, 1.54) is 22.3 Å². The lowest BCUT2D eigenvalue weighted by molar-refractivity contribution is 0.252. The van der Waals surface area contributed by atoms with Crippen molar-refractivity contribution < 1.29 is 4.74 Å². The van der Waals surface area contributed by atoms with E-state index in [0.717, 1.165) is 23.8 Å². The monoisotopic (exact) mass is 447 g/mol. The Balaban J connectivity index is 2.25. The summed E-state index contributed by atoms with van der Waals surface area (Å²) in [5.74, 6) is 2.94. The molecular formula is C29H41N3O. The van der Waals surface area contributed by atoms with Crippen molar-refractivity contribution in [2.75, 3.05) is 20.2 Å². The first-order valence-corrected chi connectivity index (χ1v) is 12.4. The maximum atomic E-state index is 6.18. The molecule has 1 aliphatic heterocycles. The van der Waals surface area contributed by atoms with Gasteiger partial charge in [0.2, 0.25) is 0 Å². The average molecular weight is 448 g/mol. The Kier molecular flexibility index (Phi) is 7.99. The van der Waals surface area contributed by atoms with E-state index >= 15 is 0 Å². The van der Waals surface area contributed by atoms with Gasteiger partial charge in [-0.05, 0) is 45.9 Å². The van der Waals surface area contributed by atoms with Crippen LogP contribution in [0.1, 0.15) is 101 Å². The van der Waals surface area contributed by atoms with Crippen LogP contribution >= 0.6 is 0 Å². The van der Waals surface area contributed by atoms with Gasteiger partial charge < -0.3 is 9.64 Å². The van der Waals surface area contributed by atoms with E-state index in [-0.39, 0.29) is 0 Å². The Morgan fingerprint density at radius 3 is 1.45 bits per heavy atom. The number of hydrogen-bond acceptors (Lipinski definition) is 3. The third-order valence-electron chi connectivity index (χ3n) is 6.33. The van der Waals surface area contributed by atoms with Crippen LogP contribution < -0.4 is 0 Å². The summed E-state index contributed by atoms with van der Waals surface area (Å²) in [7, 11) is 2.08. The lowest BCUT2D eigenvalue weighted by Gasteiger charge is -2.29. The Morgan fingerprint density at radius 2 is 1.06 bits per heavy atom. The van der Waals surface area contributed by atoms with Crippen molar-refractivity contribution in [1.82, 2.24) is 4.90 Å². The second kappa shape index (κ2) is 10.5. The fourth-order valence-electron chi connectivity index (χ4n) is 4.32. The molecule has 2 aromatic carbocycles. The van der Waals surface area contributed by atoms with E-state index in [2.05, 4.69) is 104 Å². The molecule has 0 aliphatic carbocycles. The summed E-state index contributed by atoms with van der Waals surface area (Å²) < 4.78 is 6.18. The molecule has 0 amide bonds. The zero-order valence-corrected chi connectivity index (χ0v) is 21.9. The van der Waals surface area contributed by atoms with Crippen molar-refractivity contribution in [3.05, 3.63) is 58.7 Å². The van der Waals surface area contributed by atoms with Crippen LogP contribution in [0.15, 0.2) is 46.4 Å². The molecule has 0 spiro atoms. The predicted molar refractivity (Wildman–Crippen MR) is 142 cm³/mol. The van der Waals surface area contributed by atoms with Gasteiger partial charge in [-0.3, -0.25) is 0 Å². The molecule has 0 N–H and O–H groups in total. The normalized spacial score (nSPS) is 17.2. The molecule has 1 aliphatic rings. The summed E-state index contributed by atoms with van der Waals surface area (Å²) in [4.78, 5) is 12.6. The van der Waals surface area contributed by atoms with Crippen LogP contribution in [-0.2, 0) is 4.74 Å². The van der Waals surface area contributed by atoms with E-state index in [4.69, 9.17) is 14.7 Å². The molecule has 0 bridgehead atoms. The van der Waals surface area contributed by atoms with Crippen LogP contribution in [0.25, 0.3) is 0 Å². The summed E-state index contributed by atoms with van der Waals surface area (Å²) in [5.41, 5.74) is 7.10. The first-order chi connectivity index (χ1) is 15.6. The molecule has 4 heteroatoms. The van der Waals surface area contributed by atoms with Crippen LogP contribution in [-0.4, -0.2) is 36.8 Å². The fraction of sp³-hybridized carbons (Fsp3) is 0.517. The lowest BCUT2D eigenvalue weighted by atomic mass is 9.93. The van der Waals surface area contributed by atoms with Crippen molar-refractivity contribution in [3.63, 3.8) is 0 Å². The molecule has 0 unspecified atom stereocenters. The van der Waals surface area contributed by atoms with E-state index in [9.17, 15) is 0 Å². The minimum Gasteiger partial charge on any atom is -0.473 e. The van der Waals surface area contributed by atoms with Gasteiger partial charge in [-0.1, -0.05) is 91.8 Å². The lowest BCUT2D eigenvalue weighted by Crippen LogP contribution is -2.42. The standard InChI is InChI=1S/C29H41N3O/c1-18(2)22-12-10-13-23(19(3)4)26(22)30-28-29(33-17-16-32(28)9)31-27-24(20(5)6)14-11-15-25(27)21(7)8/h10-15,18-21H,16-17H2,1-9H3. The van der Waals surface area contributed by atoms with Crippen molar-refractivity contribution >= 4 is 23.1 Å². The molecule has 1 heterocycles. The Bertz CT molecular complexity index is 979. The number of amidine groups is 1. The first kappa shape index (κ1) is 25.0. The molecule has 0 saturated carbocycles. The second-order valence-electron chi connectivity index (χ2n) is 10.3. The highest BCUT2D eigenvalue weighted by Crippen LogP contribution is 2.37. The van der Waals surface area contributed by atoms with Gasteiger partial charge in [0.25, 0.3) is 5.90 Å². The van der Waals surface area contributed by atoms with Crippen molar-refractivity contribution in [2.45, 2.75) is 79.1 Å². The molecule has 3 rings (SSSR count). The number of hydrogen-bond donors (Lipinski definition) is 0. The molecule has 0 aromatic heterocycles. The number of para-hydroxylation sites is 2. The van der Waals surface area contributed by atoms with E-state index in [0.29, 0.717) is 36.2 Å². The molecule has 0 atom stereocenters. The van der Waals surface area contributed by atoms with E-state index in [1.54, 1.807) is 0 Å². The molecule has 4 nitrogen and oxygen atoms in total. The largest absolute Gasteiger partial charge is 0.473 e. The summed E-state index contributed by atoms with van der Waals surface area (Å²) in [5, 5.41) is 0. The number of rotatable bonds is 6. The number of aliphatic imine (C=N–C) groups is 2. The van der Waals surface area contributed by atoms with Gasteiger partial charge in [-0.25, -0.2) is 9.98 Å². The van der Waals surface area contributed by atoms with Gasteiger partial charge in [0.05, 0.1) is 17.9 Å². The van der Waals surface area contributed by atoms with Crippen molar-refractivity contribution in [1.29, 1.82) is 0 Å². The molecule has 2 aromatic rings. The summed E-state index contributed by atoms with van der Waals surface area (Å²) in [6, 6.07) is 13.1. The van der Waals surface area contributed by atoms with Gasteiger partial charge in [0.1, 0.15) is 6.61 Å². The number of morpholine rings is 1. The molecule has 0 radical (unpaired) electrons. The minimum atomic E-state index is 0.374. The van der Waals surface area contributed by atoms with Gasteiger partial charge in [0, 0.05) is 7.05 Å². The van der Waals surface area contributed by atoms with Gasteiger partial charge >= 0.3 is 0 Å². The molecule has 33 heavy (non-hydrogen) atoms. The van der Waals surface area contributed by atoms with Crippen LogP contribution in [0.3, 0.4) is 0 Å². The van der Waals surface area contributed by atoms with Gasteiger partial charge in [0.15, 0.2) is 5.84 Å². The first-order valence-electron chi connectivity index (χ1n) is 12.4. The molecular weight excluding hydrogens is 406 g/mol. The average Bonchev–Trinajstić information content (AvgIpc) is 2.75. The topological polar surface area (TPSA) is 37.2 Å². The van der Waals surface area contributed by atoms with Crippen LogP contribution in [0.2, 0.25) is 0 Å². The summed E-state index contributed by atoms with van der Waals surface area (Å²) in [6.45, 7) is 19.2. The second-order valence-corrected chi connectivity index (χ2v) is 10.3. The Morgan fingerprint density at radius 1 is 0.667 bits per heavy atom. The van der Waals surface area contributed by atoms with E-state index in [1.807, 2.05) is 0 Å². The predicted octanol–water partition coefficient (Wildman–Crippen LogP) is 7.90. The zero-order valence-electron chi connectivity index (χ0n) is 21.9. The van der Waals surface area contributed by atoms with Crippen molar-refractivity contribution in [3.8, 4) is 0 Å². The van der Waals surface area contributed by atoms with Crippen LogP contribution in [0, 0.1) is 0 Å². The highest BCUT2D eigenvalue weighted by Gasteiger charge is 2.25. The fourth-order valence-corrected chi connectivity index (χ4v) is 4.32. The third kappa shape index (κ3) is 5.48. The van der Waals surface area contributed by atoms with Crippen LogP contribution in [0.5, 0.6) is 0 Å². The number of likely N-dealkylation sites (N-methyl/N-ethyl adjacent to an activating group) is 1. The SMILES string of the molecule is CC(C)c1cccc(C(C)C)c1N=C1OCCN(C)C1=Nc1c(C(C)C)cccc1C(C)C. The molecule has 1 fully saturated rings. The van der Waals surface area contributed by atoms with E-state index < -0.39 is 0 Å².